The molecular formula is C27H34N2O5. The quantitative estimate of drug-likeness (QED) is 0.455. The minimum Gasteiger partial charge on any atom is -0.481 e. The molecule has 7 nitrogen and oxygen atoms in total. The number of rotatable bonds is 11. The van der Waals surface area contributed by atoms with Gasteiger partial charge in [0.2, 0.25) is 5.91 Å². The summed E-state index contributed by atoms with van der Waals surface area (Å²) in [6, 6.07) is 16.3. The number of carboxylic acids is 1. The lowest BCUT2D eigenvalue weighted by molar-refractivity contribution is -0.138. The standard InChI is InChI=1S/C27H34N2O5/c1-17(2)23(26(32)28-13-12-18(3)14-25(30)31)15-29-27(33)34-16-24-21-10-6-4-8-19(21)20-9-5-7-11-22(20)24/h4-11,17-18,23-24H,12-16H2,1-3H3,(H,28,32)(H,29,33)(H,30,31). The van der Waals surface area contributed by atoms with Crippen LogP contribution in [0, 0.1) is 17.8 Å². The normalized spacial score (nSPS) is 14.1. The zero-order valence-corrected chi connectivity index (χ0v) is 20.0. The van der Waals surface area contributed by atoms with E-state index < -0.39 is 18.0 Å². The van der Waals surface area contributed by atoms with Gasteiger partial charge in [-0.15, -0.1) is 0 Å². The van der Waals surface area contributed by atoms with E-state index in [0.29, 0.717) is 13.0 Å². The Morgan fingerprint density at radius 3 is 2.09 bits per heavy atom. The number of carbonyl (C=O) groups is 3. The number of benzene rings is 2. The summed E-state index contributed by atoms with van der Waals surface area (Å²) >= 11 is 0. The summed E-state index contributed by atoms with van der Waals surface area (Å²) in [6.45, 7) is 6.50. The van der Waals surface area contributed by atoms with Crippen LogP contribution in [-0.2, 0) is 14.3 Å². The Labute approximate surface area is 200 Å². The summed E-state index contributed by atoms with van der Waals surface area (Å²) in [5.74, 6) is -1.42. The number of carboxylic acid groups (broad SMARTS) is 1. The highest BCUT2D eigenvalue weighted by atomic mass is 16.5. The molecule has 0 radical (unpaired) electrons. The first-order valence-electron chi connectivity index (χ1n) is 11.9. The van der Waals surface area contributed by atoms with Gasteiger partial charge < -0.3 is 20.5 Å². The number of alkyl carbamates (subject to hydrolysis) is 1. The first-order chi connectivity index (χ1) is 16.3. The summed E-state index contributed by atoms with van der Waals surface area (Å²) in [4.78, 5) is 35.9. The molecule has 0 fully saturated rings. The molecule has 0 aliphatic heterocycles. The lowest BCUT2D eigenvalue weighted by atomic mass is 9.94. The number of amides is 2. The lowest BCUT2D eigenvalue weighted by Crippen LogP contribution is -2.42. The van der Waals surface area contributed by atoms with Gasteiger partial charge in [-0.2, -0.15) is 0 Å². The molecule has 3 rings (SSSR count). The van der Waals surface area contributed by atoms with Gasteiger partial charge in [0.1, 0.15) is 6.61 Å². The molecule has 2 aromatic rings. The zero-order chi connectivity index (χ0) is 24.7. The van der Waals surface area contributed by atoms with Gasteiger partial charge >= 0.3 is 12.1 Å². The van der Waals surface area contributed by atoms with Crippen LogP contribution < -0.4 is 10.6 Å². The predicted octanol–water partition coefficient (Wildman–Crippen LogP) is 4.41. The second kappa shape index (κ2) is 11.7. The summed E-state index contributed by atoms with van der Waals surface area (Å²) in [5, 5.41) is 14.5. The maximum atomic E-state index is 12.6. The fourth-order valence-electron chi connectivity index (χ4n) is 4.45. The molecule has 2 amide bonds. The van der Waals surface area contributed by atoms with E-state index in [1.54, 1.807) is 0 Å². The van der Waals surface area contributed by atoms with Gasteiger partial charge in [0, 0.05) is 25.4 Å². The number of carbonyl (C=O) groups excluding carboxylic acids is 2. The number of aliphatic carboxylic acids is 1. The van der Waals surface area contributed by atoms with Crippen molar-refractivity contribution < 1.29 is 24.2 Å². The molecule has 0 saturated heterocycles. The van der Waals surface area contributed by atoms with Crippen molar-refractivity contribution in [1.82, 2.24) is 10.6 Å². The third-order valence-corrected chi connectivity index (χ3v) is 6.41. The molecule has 0 aromatic heterocycles. The Bertz CT molecular complexity index is 974. The van der Waals surface area contributed by atoms with Crippen molar-refractivity contribution in [3.63, 3.8) is 0 Å². The van der Waals surface area contributed by atoms with Gasteiger partial charge in [-0.05, 0) is 40.5 Å². The smallest absolute Gasteiger partial charge is 0.407 e. The van der Waals surface area contributed by atoms with Crippen molar-refractivity contribution in [2.24, 2.45) is 17.8 Å². The van der Waals surface area contributed by atoms with Gasteiger partial charge in [0.15, 0.2) is 0 Å². The maximum absolute atomic E-state index is 12.6. The number of nitrogens with one attached hydrogen (secondary N) is 2. The summed E-state index contributed by atoms with van der Waals surface area (Å²) in [6.07, 6.45) is 0.116. The average molecular weight is 467 g/mol. The van der Waals surface area contributed by atoms with Gasteiger partial charge in [0.25, 0.3) is 0 Å². The van der Waals surface area contributed by atoms with Crippen LogP contribution in [0.4, 0.5) is 4.79 Å². The Balaban J connectivity index is 1.49. The van der Waals surface area contributed by atoms with E-state index in [4.69, 9.17) is 9.84 Å². The van der Waals surface area contributed by atoms with Gasteiger partial charge in [0.05, 0.1) is 5.92 Å². The van der Waals surface area contributed by atoms with E-state index in [9.17, 15) is 14.4 Å². The second-order valence-corrected chi connectivity index (χ2v) is 9.34. The van der Waals surface area contributed by atoms with Crippen molar-refractivity contribution in [3.05, 3.63) is 59.7 Å². The molecule has 0 saturated carbocycles. The fourth-order valence-corrected chi connectivity index (χ4v) is 4.45. The largest absolute Gasteiger partial charge is 0.481 e. The molecule has 2 unspecified atom stereocenters. The summed E-state index contributed by atoms with van der Waals surface area (Å²) in [7, 11) is 0. The topological polar surface area (TPSA) is 105 Å². The van der Waals surface area contributed by atoms with Gasteiger partial charge in [-0.25, -0.2) is 4.79 Å². The van der Waals surface area contributed by atoms with E-state index in [2.05, 4.69) is 34.9 Å². The monoisotopic (exact) mass is 466 g/mol. The Hall–Kier alpha value is -3.35. The van der Waals surface area contributed by atoms with Crippen LogP contribution in [0.1, 0.15) is 50.7 Å². The predicted molar refractivity (Wildman–Crippen MR) is 130 cm³/mol. The van der Waals surface area contributed by atoms with Gasteiger partial charge in [-0.1, -0.05) is 69.3 Å². The molecular weight excluding hydrogens is 432 g/mol. The van der Waals surface area contributed by atoms with Crippen LogP contribution >= 0.6 is 0 Å². The minimum atomic E-state index is -0.842. The molecule has 0 bridgehead atoms. The van der Waals surface area contributed by atoms with E-state index in [1.165, 1.54) is 11.1 Å². The molecule has 1 aliphatic carbocycles. The van der Waals surface area contributed by atoms with Crippen LogP contribution in [0.3, 0.4) is 0 Å². The lowest BCUT2D eigenvalue weighted by Gasteiger charge is -2.21. The summed E-state index contributed by atoms with van der Waals surface area (Å²) in [5.41, 5.74) is 4.63. The molecule has 2 aromatic carbocycles. The molecule has 182 valence electrons. The number of fused-ring (bicyclic) bond motifs is 3. The SMILES string of the molecule is CC(CCNC(=O)C(CNC(=O)OCC1c2ccccc2-c2ccccc21)C(C)C)CC(=O)O. The third kappa shape index (κ3) is 6.37. The molecule has 1 aliphatic rings. The van der Waals surface area contributed by atoms with Crippen LogP contribution in [0.15, 0.2) is 48.5 Å². The van der Waals surface area contributed by atoms with Crippen LogP contribution in [0.2, 0.25) is 0 Å². The highest BCUT2D eigenvalue weighted by Crippen LogP contribution is 2.44. The molecule has 0 spiro atoms. The fraction of sp³-hybridized carbons (Fsp3) is 0.444. The zero-order valence-electron chi connectivity index (χ0n) is 20.0. The Morgan fingerprint density at radius 2 is 1.53 bits per heavy atom. The van der Waals surface area contributed by atoms with E-state index in [1.807, 2.05) is 45.0 Å². The van der Waals surface area contributed by atoms with Gasteiger partial charge in [-0.3, -0.25) is 9.59 Å². The summed E-state index contributed by atoms with van der Waals surface area (Å²) < 4.78 is 5.56. The van der Waals surface area contributed by atoms with Crippen molar-refractivity contribution >= 4 is 18.0 Å². The third-order valence-electron chi connectivity index (χ3n) is 6.41. The molecule has 7 heteroatoms. The molecule has 3 N–H and O–H groups in total. The average Bonchev–Trinajstić information content (AvgIpc) is 3.11. The van der Waals surface area contributed by atoms with E-state index in [0.717, 1.165) is 11.1 Å². The Kier molecular flexibility index (Phi) is 8.68. The Morgan fingerprint density at radius 1 is 0.941 bits per heavy atom. The highest BCUT2D eigenvalue weighted by Gasteiger charge is 2.29. The van der Waals surface area contributed by atoms with Crippen LogP contribution in [0.5, 0.6) is 0 Å². The second-order valence-electron chi connectivity index (χ2n) is 9.34. The number of hydrogen-bond acceptors (Lipinski definition) is 4. The maximum Gasteiger partial charge on any atom is 0.407 e. The molecule has 0 heterocycles. The van der Waals surface area contributed by atoms with Crippen molar-refractivity contribution in [1.29, 1.82) is 0 Å². The van der Waals surface area contributed by atoms with E-state index in [-0.39, 0.29) is 43.2 Å². The van der Waals surface area contributed by atoms with Crippen molar-refractivity contribution in [2.75, 3.05) is 19.7 Å². The van der Waals surface area contributed by atoms with Crippen LogP contribution in [-0.4, -0.2) is 42.8 Å². The van der Waals surface area contributed by atoms with Crippen LogP contribution in [0.25, 0.3) is 11.1 Å². The molecule has 34 heavy (non-hydrogen) atoms. The van der Waals surface area contributed by atoms with Crippen molar-refractivity contribution in [3.8, 4) is 11.1 Å². The number of ether oxygens (including phenoxy) is 1. The number of hydrogen-bond donors (Lipinski definition) is 3. The van der Waals surface area contributed by atoms with Crippen molar-refractivity contribution in [2.45, 2.75) is 39.5 Å². The molecule has 2 atom stereocenters. The van der Waals surface area contributed by atoms with E-state index >= 15 is 0 Å². The first-order valence-corrected chi connectivity index (χ1v) is 11.9. The minimum absolute atomic E-state index is 0.0184. The first kappa shape index (κ1) is 25.3. The highest BCUT2D eigenvalue weighted by molar-refractivity contribution is 5.80.